The maximum atomic E-state index is 10.6. The average molecular weight is 240 g/mol. The third-order valence-corrected chi connectivity index (χ3v) is 1.86. The molecule has 0 bridgehead atoms. The van der Waals surface area contributed by atoms with Gasteiger partial charge in [0.05, 0.1) is 4.92 Å². The fourth-order valence-electron chi connectivity index (χ4n) is 1.11. The Morgan fingerprint density at radius 3 is 2.35 bits per heavy atom. The first kappa shape index (κ1) is 12.4. The second kappa shape index (κ2) is 4.92. The van der Waals surface area contributed by atoms with E-state index < -0.39 is 22.9 Å². The van der Waals surface area contributed by atoms with E-state index >= 15 is 0 Å². The molecule has 0 amide bonds. The topological polar surface area (TPSA) is 130 Å². The number of carboxylic acid groups (broad SMARTS) is 2. The normalized spacial score (nSPS) is 9.94. The highest BCUT2D eigenvalue weighted by molar-refractivity contribution is 6.00. The molecule has 1 aromatic rings. The molecule has 0 aliphatic heterocycles. The highest BCUT2D eigenvalue weighted by Crippen LogP contribution is 2.17. The Hall–Kier alpha value is -2.64. The number of nitro benzene ring substituents is 1. The number of carboxylic acids is 2. The summed E-state index contributed by atoms with van der Waals surface area (Å²) in [6, 6.07) is 3.07. The van der Waals surface area contributed by atoms with E-state index in [-0.39, 0.29) is 11.4 Å². The summed E-state index contributed by atoms with van der Waals surface area (Å²) in [7, 11) is 0. The summed E-state index contributed by atoms with van der Waals surface area (Å²) in [5.74, 6) is -3.16. The van der Waals surface area contributed by atoms with Crippen molar-refractivity contribution in [2.24, 2.45) is 0 Å². The molecule has 17 heavy (non-hydrogen) atoms. The van der Waals surface area contributed by atoms with Crippen LogP contribution in [0.2, 0.25) is 0 Å². The number of hydrogen-bond acceptors (Lipinski definition) is 5. The van der Waals surface area contributed by atoms with Gasteiger partial charge >= 0.3 is 11.9 Å². The Kier molecular flexibility index (Phi) is 3.60. The van der Waals surface area contributed by atoms with Crippen molar-refractivity contribution in [3.05, 3.63) is 34.4 Å². The fraction of sp³-hybridized carbons (Fsp3) is 0.111. The van der Waals surface area contributed by atoms with Gasteiger partial charge in [0.2, 0.25) is 6.04 Å². The molecule has 0 radical (unpaired) electrons. The number of nitro groups is 1. The standard InChI is InChI=1S/C9H8N2O6/c12-8(13)7(9(14)15)10-5-2-1-3-6(4-5)11(16)17/h1-4,7,10H,(H,12,13)(H,14,15). The van der Waals surface area contributed by atoms with Gasteiger partial charge in [-0.15, -0.1) is 0 Å². The van der Waals surface area contributed by atoms with Crippen LogP contribution >= 0.6 is 0 Å². The van der Waals surface area contributed by atoms with Gasteiger partial charge in [-0.1, -0.05) is 6.07 Å². The fourth-order valence-corrected chi connectivity index (χ4v) is 1.11. The van der Waals surface area contributed by atoms with Crippen LogP contribution in [-0.4, -0.2) is 33.1 Å². The van der Waals surface area contributed by atoms with Crippen LogP contribution in [0.1, 0.15) is 0 Å². The summed E-state index contributed by atoms with van der Waals surface area (Å²) >= 11 is 0. The molecule has 0 saturated carbocycles. The summed E-state index contributed by atoms with van der Waals surface area (Å²) in [6.07, 6.45) is 0. The first-order chi connectivity index (χ1) is 7.91. The molecular formula is C9H8N2O6. The smallest absolute Gasteiger partial charge is 0.337 e. The molecule has 8 heteroatoms. The van der Waals surface area contributed by atoms with Crippen LogP contribution in [0.15, 0.2) is 24.3 Å². The van der Waals surface area contributed by atoms with Gasteiger partial charge in [-0.05, 0) is 6.07 Å². The SMILES string of the molecule is O=C(O)C(Nc1cccc([N+](=O)[O-])c1)C(=O)O. The second-order valence-electron chi connectivity index (χ2n) is 3.06. The van der Waals surface area contributed by atoms with Gasteiger partial charge in [0.25, 0.3) is 5.69 Å². The summed E-state index contributed by atoms with van der Waals surface area (Å²) in [5, 5.41) is 29.8. The number of anilines is 1. The molecule has 0 aliphatic carbocycles. The number of nitrogens with zero attached hydrogens (tertiary/aromatic N) is 1. The van der Waals surface area contributed by atoms with Crippen molar-refractivity contribution in [1.82, 2.24) is 0 Å². The van der Waals surface area contributed by atoms with Crippen molar-refractivity contribution in [1.29, 1.82) is 0 Å². The highest BCUT2D eigenvalue weighted by atomic mass is 16.6. The Morgan fingerprint density at radius 2 is 1.88 bits per heavy atom. The number of carbonyl (C=O) groups is 2. The van der Waals surface area contributed by atoms with Crippen LogP contribution in [0.3, 0.4) is 0 Å². The van der Waals surface area contributed by atoms with Crippen molar-refractivity contribution in [2.45, 2.75) is 6.04 Å². The van der Waals surface area contributed by atoms with Crippen molar-refractivity contribution in [3.63, 3.8) is 0 Å². The number of benzene rings is 1. The molecule has 0 aromatic heterocycles. The third-order valence-electron chi connectivity index (χ3n) is 1.86. The summed E-state index contributed by atoms with van der Waals surface area (Å²) in [4.78, 5) is 31.0. The van der Waals surface area contributed by atoms with E-state index in [0.717, 1.165) is 6.07 Å². The Bertz CT molecular complexity index is 458. The Labute approximate surface area is 94.6 Å². The summed E-state index contributed by atoms with van der Waals surface area (Å²) < 4.78 is 0. The van der Waals surface area contributed by atoms with Crippen molar-refractivity contribution < 1.29 is 24.7 Å². The lowest BCUT2D eigenvalue weighted by atomic mass is 10.2. The largest absolute Gasteiger partial charge is 0.479 e. The maximum Gasteiger partial charge on any atom is 0.337 e. The molecule has 1 rings (SSSR count). The third kappa shape index (κ3) is 3.16. The van der Waals surface area contributed by atoms with Crippen molar-refractivity contribution in [3.8, 4) is 0 Å². The van der Waals surface area contributed by atoms with Crippen LogP contribution in [0.25, 0.3) is 0 Å². The van der Waals surface area contributed by atoms with Crippen molar-refractivity contribution >= 4 is 23.3 Å². The van der Waals surface area contributed by atoms with Gasteiger partial charge in [-0.25, -0.2) is 9.59 Å². The molecule has 0 atom stereocenters. The predicted molar refractivity (Wildman–Crippen MR) is 55.8 cm³/mol. The van der Waals surface area contributed by atoms with E-state index in [1.807, 2.05) is 0 Å². The lowest BCUT2D eigenvalue weighted by Gasteiger charge is -2.10. The number of hydrogen-bond donors (Lipinski definition) is 3. The quantitative estimate of drug-likeness (QED) is 0.389. The minimum atomic E-state index is -1.85. The van der Waals surface area contributed by atoms with Crippen LogP contribution in [0.5, 0.6) is 0 Å². The maximum absolute atomic E-state index is 10.6. The van der Waals surface area contributed by atoms with Gasteiger partial charge in [0, 0.05) is 17.8 Å². The first-order valence-electron chi connectivity index (χ1n) is 4.38. The van der Waals surface area contributed by atoms with E-state index in [2.05, 4.69) is 5.32 Å². The van der Waals surface area contributed by atoms with E-state index in [0.29, 0.717) is 0 Å². The summed E-state index contributed by atoms with van der Waals surface area (Å²) in [6.45, 7) is 0. The van der Waals surface area contributed by atoms with E-state index in [9.17, 15) is 19.7 Å². The molecule has 90 valence electrons. The molecule has 1 aromatic carbocycles. The van der Waals surface area contributed by atoms with Gasteiger partial charge in [0.1, 0.15) is 0 Å². The van der Waals surface area contributed by atoms with Gasteiger partial charge in [0.15, 0.2) is 0 Å². The van der Waals surface area contributed by atoms with Crippen LogP contribution in [0.4, 0.5) is 11.4 Å². The number of non-ortho nitro benzene ring substituents is 1. The van der Waals surface area contributed by atoms with Gasteiger partial charge in [-0.3, -0.25) is 10.1 Å². The zero-order chi connectivity index (χ0) is 13.0. The molecular weight excluding hydrogens is 232 g/mol. The average Bonchev–Trinajstić information content (AvgIpc) is 2.25. The lowest BCUT2D eigenvalue weighted by molar-refractivity contribution is -0.384. The van der Waals surface area contributed by atoms with Gasteiger partial charge in [-0.2, -0.15) is 0 Å². The predicted octanol–water partition coefficient (Wildman–Crippen LogP) is 0.544. The van der Waals surface area contributed by atoms with E-state index in [1.165, 1.54) is 18.2 Å². The van der Waals surface area contributed by atoms with Gasteiger partial charge < -0.3 is 15.5 Å². The number of aliphatic carboxylic acids is 2. The van der Waals surface area contributed by atoms with Crippen LogP contribution in [-0.2, 0) is 9.59 Å². The summed E-state index contributed by atoms with van der Waals surface area (Å²) in [5.41, 5.74) is -0.210. The zero-order valence-electron chi connectivity index (χ0n) is 8.36. The Morgan fingerprint density at radius 1 is 1.29 bits per heavy atom. The molecule has 3 N–H and O–H groups in total. The Balaban J connectivity index is 2.94. The monoisotopic (exact) mass is 240 g/mol. The molecule has 0 heterocycles. The second-order valence-corrected chi connectivity index (χ2v) is 3.06. The molecule has 0 fully saturated rings. The molecule has 0 unspecified atom stereocenters. The molecule has 0 aliphatic rings. The van der Waals surface area contributed by atoms with Crippen molar-refractivity contribution in [2.75, 3.05) is 5.32 Å². The van der Waals surface area contributed by atoms with E-state index in [1.54, 1.807) is 0 Å². The molecule has 0 saturated heterocycles. The minimum Gasteiger partial charge on any atom is -0.479 e. The first-order valence-corrected chi connectivity index (χ1v) is 4.38. The highest BCUT2D eigenvalue weighted by Gasteiger charge is 2.25. The number of nitrogens with one attached hydrogen (secondary N) is 1. The zero-order valence-corrected chi connectivity index (χ0v) is 8.36. The molecule has 8 nitrogen and oxygen atoms in total. The lowest BCUT2D eigenvalue weighted by Crippen LogP contribution is -2.37. The molecule has 0 spiro atoms. The number of rotatable bonds is 5. The van der Waals surface area contributed by atoms with Crippen LogP contribution < -0.4 is 5.32 Å². The minimum absolute atomic E-state index is 0.0500. The van der Waals surface area contributed by atoms with E-state index in [4.69, 9.17) is 10.2 Å². The van der Waals surface area contributed by atoms with Crippen LogP contribution in [0, 0.1) is 10.1 Å².